The van der Waals surface area contributed by atoms with Crippen LogP contribution in [0.2, 0.25) is 0 Å². The van der Waals surface area contributed by atoms with Crippen molar-refractivity contribution in [1.82, 2.24) is 4.72 Å². The Bertz CT molecular complexity index is 589. The number of rotatable bonds is 5. The number of hydrogen-bond acceptors (Lipinski definition) is 5. The molecule has 0 spiro atoms. The largest absolute Gasteiger partial charge is 0.478 e. The van der Waals surface area contributed by atoms with Crippen molar-refractivity contribution in [2.75, 3.05) is 19.8 Å². The van der Waals surface area contributed by atoms with Crippen LogP contribution in [0, 0.1) is 0 Å². The number of carboxylic acid groups (broad SMARTS) is 1. The van der Waals surface area contributed by atoms with Crippen LogP contribution in [0.1, 0.15) is 16.8 Å². The number of aromatic carboxylic acids is 1. The Labute approximate surface area is 116 Å². The molecular formula is C12H15NO6S. The number of sulfonamides is 1. The molecule has 0 aromatic heterocycles. The first-order valence-electron chi connectivity index (χ1n) is 5.96. The molecule has 1 aliphatic rings. The van der Waals surface area contributed by atoms with Crippen molar-refractivity contribution in [3.05, 3.63) is 29.8 Å². The monoisotopic (exact) mass is 301 g/mol. The van der Waals surface area contributed by atoms with E-state index in [4.69, 9.17) is 9.84 Å². The Kier molecular flexibility index (Phi) is 4.09. The van der Waals surface area contributed by atoms with Gasteiger partial charge in [-0.3, -0.25) is 0 Å². The second kappa shape index (κ2) is 5.49. The molecule has 1 aromatic carbocycles. The van der Waals surface area contributed by atoms with Crippen molar-refractivity contribution in [3.63, 3.8) is 0 Å². The lowest BCUT2D eigenvalue weighted by molar-refractivity contribution is 0.0314. The number of benzene rings is 1. The molecule has 110 valence electrons. The molecule has 3 N–H and O–H groups in total. The molecule has 0 aliphatic carbocycles. The van der Waals surface area contributed by atoms with Gasteiger partial charge in [0.15, 0.2) is 0 Å². The predicted octanol–water partition coefficient (Wildman–Crippen LogP) is -0.186. The predicted molar refractivity (Wildman–Crippen MR) is 69.0 cm³/mol. The first-order chi connectivity index (χ1) is 9.32. The van der Waals surface area contributed by atoms with Crippen molar-refractivity contribution < 1.29 is 28.2 Å². The van der Waals surface area contributed by atoms with Gasteiger partial charge in [0.2, 0.25) is 10.0 Å². The minimum atomic E-state index is -3.79. The SMILES string of the molecule is O=C(O)c1ccc(S(=O)(=O)NCC2(O)CCOC2)cc1. The van der Waals surface area contributed by atoms with Gasteiger partial charge in [-0.2, -0.15) is 0 Å². The van der Waals surface area contributed by atoms with Crippen LogP contribution in [0.3, 0.4) is 0 Å². The zero-order valence-electron chi connectivity index (χ0n) is 10.6. The van der Waals surface area contributed by atoms with Crippen molar-refractivity contribution >= 4 is 16.0 Å². The van der Waals surface area contributed by atoms with Gasteiger partial charge in [0, 0.05) is 19.6 Å². The van der Waals surface area contributed by atoms with Gasteiger partial charge in [-0.25, -0.2) is 17.9 Å². The Morgan fingerprint density at radius 3 is 2.50 bits per heavy atom. The molecule has 1 atom stereocenters. The van der Waals surface area contributed by atoms with E-state index in [-0.39, 0.29) is 23.6 Å². The molecular weight excluding hydrogens is 286 g/mol. The normalized spacial score (nSPS) is 22.9. The van der Waals surface area contributed by atoms with Crippen LogP contribution >= 0.6 is 0 Å². The first-order valence-corrected chi connectivity index (χ1v) is 7.44. The van der Waals surface area contributed by atoms with Gasteiger partial charge in [0.1, 0.15) is 5.60 Å². The average molecular weight is 301 g/mol. The number of nitrogens with one attached hydrogen (secondary N) is 1. The molecule has 8 heteroatoms. The molecule has 1 fully saturated rings. The highest BCUT2D eigenvalue weighted by Gasteiger charge is 2.33. The number of ether oxygens (including phenoxy) is 1. The fraction of sp³-hybridized carbons (Fsp3) is 0.417. The number of aliphatic hydroxyl groups is 1. The number of carbonyl (C=O) groups is 1. The van der Waals surface area contributed by atoms with Crippen molar-refractivity contribution in [3.8, 4) is 0 Å². The van der Waals surface area contributed by atoms with E-state index in [0.29, 0.717) is 13.0 Å². The third-order valence-corrected chi connectivity index (χ3v) is 4.50. The lowest BCUT2D eigenvalue weighted by Gasteiger charge is -2.20. The van der Waals surface area contributed by atoms with Gasteiger partial charge in [0.25, 0.3) is 0 Å². The maximum atomic E-state index is 12.0. The van der Waals surface area contributed by atoms with Crippen LogP contribution in [0.25, 0.3) is 0 Å². The van der Waals surface area contributed by atoms with E-state index < -0.39 is 21.6 Å². The Morgan fingerprint density at radius 1 is 1.35 bits per heavy atom. The second-order valence-corrected chi connectivity index (χ2v) is 6.45. The maximum Gasteiger partial charge on any atom is 0.335 e. The summed E-state index contributed by atoms with van der Waals surface area (Å²) in [5.41, 5.74) is -1.18. The van der Waals surface area contributed by atoms with Crippen LogP contribution in [-0.4, -0.2) is 50.0 Å². The van der Waals surface area contributed by atoms with Crippen LogP contribution < -0.4 is 4.72 Å². The second-order valence-electron chi connectivity index (χ2n) is 4.68. The standard InChI is InChI=1S/C12H15NO6S/c14-11(15)9-1-3-10(4-2-9)20(17,18)13-7-12(16)5-6-19-8-12/h1-4,13,16H,5-8H2,(H,14,15). The minimum Gasteiger partial charge on any atom is -0.478 e. The molecule has 1 unspecified atom stereocenters. The summed E-state index contributed by atoms with van der Waals surface area (Å²) in [5.74, 6) is -1.13. The van der Waals surface area contributed by atoms with E-state index in [1.807, 2.05) is 0 Å². The lowest BCUT2D eigenvalue weighted by atomic mass is 10.1. The third kappa shape index (κ3) is 3.34. The maximum absolute atomic E-state index is 12.0. The van der Waals surface area contributed by atoms with Gasteiger partial charge in [-0.1, -0.05) is 0 Å². The first kappa shape index (κ1) is 14.9. The van der Waals surface area contributed by atoms with Crippen LogP contribution in [0.15, 0.2) is 29.2 Å². The van der Waals surface area contributed by atoms with E-state index in [1.54, 1.807) is 0 Å². The molecule has 0 radical (unpaired) electrons. The van der Waals surface area contributed by atoms with Gasteiger partial charge < -0.3 is 14.9 Å². The zero-order valence-corrected chi connectivity index (χ0v) is 11.4. The van der Waals surface area contributed by atoms with Crippen LogP contribution in [0.4, 0.5) is 0 Å². The van der Waals surface area contributed by atoms with Crippen molar-refractivity contribution in [2.45, 2.75) is 16.9 Å². The highest BCUT2D eigenvalue weighted by Crippen LogP contribution is 2.18. The van der Waals surface area contributed by atoms with Crippen LogP contribution in [-0.2, 0) is 14.8 Å². The summed E-state index contributed by atoms with van der Waals surface area (Å²) in [4.78, 5) is 10.6. The van der Waals surface area contributed by atoms with E-state index >= 15 is 0 Å². The van der Waals surface area contributed by atoms with Crippen LogP contribution in [0.5, 0.6) is 0 Å². The molecule has 1 aliphatic heterocycles. The van der Waals surface area contributed by atoms with E-state index in [9.17, 15) is 18.3 Å². The Morgan fingerprint density at radius 2 is 2.00 bits per heavy atom. The smallest absolute Gasteiger partial charge is 0.335 e. The molecule has 0 bridgehead atoms. The van der Waals surface area contributed by atoms with E-state index in [0.717, 1.165) is 0 Å². The van der Waals surface area contributed by atoms with Crippen molar-refractivity contribution in [1.29, 1.82) is 0 Å². The molecule has 2 rings (SSSR count). The molecule has 0 amide bonds. The highest BCUT2D eigenvalue weighted by molar-refractivity contribution is 7.89. The summed E-state index contributed by atoms with van der Waals surface area (Å²) in [5, 5.41) is 18.7. The quantitative estimate of drug-likeness (QED) is 0.695. The topological polar surface area (TPSA) is 113 Å². The average Bonchev–Trinajstić information content (AvgIpc) is 2.84. The minimum absolute atomic E-state index is 0.00627. The Balaban J connectivity index is 2.08. The summed E-state index contributed by atoms with van der Waals surface area (Å²) >= 11 is 0. The molecule has 1 heterocycles. The molecule has 20 heavy (non-hydrogen) atoms. The van der Waals surface area contributed by atoms with Gasteiger partial charge in [-0.15, -0.1) is 0 Å². The van der Waals surface area contributed by atoms with Gasteiger partial charge >= 0.3 is 5.97 Å². The molecule has 7 nitrogen and oxygen atoms in total. The van der Waals surface area contributed by atoms with Gasteiger partial charge in [-0.05, 0) is 24.3 Å². The third-order valence-electron chi connectivity index (χ3n) is 3.09. The summed E-state index contributed by atoms with van der Waals surface area (Å²) in [6.45, 7) is 0.342. The lowest BCUT2D eigenvalue weighted by Crippen LogP contribution is -2.43. The highest BCUT2D eigenvalue weighted by atomic mass is 32.2. The molecule has 1 aromatic rings. The fourth-order valence-corrected chi connectivity index (χ4v) is 2.94. The van der Waals surface area contributed by atoms with Gasteiger partial charge in [0.05, 0.1) is 17.1 Å². The van der Waals surface area contributed by atoms with Crippen molar-refractivity contribution in [2.24, 2.45) is 0 Å². The summed E-state index contributed by atoms with van der Waals surface area (Å²) in [6, 6.07) is 4.84. The fourth-order valence-electron chi connectivity index (χ4n) is 1.83. The Hall–Kier alpha value is -1.48. The summed E-state index contributed by atoms with van der Waals surface area (Å²) < 4.78 is 31.3. The molecule has 0 saturated carbocycles. The summed E-state index contributed by atoms with van der Waals surface area (Å²) in [6.07, 6.45) is 0.369. The number of hydrogen-bond donors (Lipinski definition) is 3. The zero-order chi connectivity index (χ0) is 14.8. The number of carboxylic acids is 1. The van der Waals surface area contributed by atoms with E-state index in [1.165, 1.54) is 24.3 Å². The van der Waals surface area contributed by atoms with E-state index in [2.05, 4.69) is 4.72 Å². The molecule has 1 saturated heterocycles. The summed E-state index contributed by atoms with van der Waals surface area (Å²) in [7, 11) is -3.79.